The smallest absolute Gasteiger partial charge is 0.249 e. The van der Waals surface area contributed by atoms with Gasteiger partial charge in [0.1, 0.15) is 6.04 Å². The Kier molecular flexibility index (Phi) is 9.26. The van der Waals surface area contributed by atoms with Crippen LogP contribution in [0.3, 0.4) is 0 Å². The number of nitrogens with zero attached hydrogens (tertiary/aromatic N) is 1. The molecule has 0 spiro atoms. The van der Waals surface area contributed by atoms with Crippen molar-refractivity contribution in [1.82, 2.24) is 0 Å². The standard InChI is InChI=1S/C28H29ClN4O2.ClH/c1-3-18-6-5-17(13-19(18)4-2)14-25-28(35)33-24-12-9-21(29)15-23(24)27(32-25)20-7-10-22(11-8-20)31-26(34)16-30;/h5-13,15,25H,3-4,14,16,30H2,1-2H3,(H,31,34)(H,33,35);1H. The maximum Gasteiger partial charge on any atom is 0.249 e. The lowest BCUT2D eigenvalue weighted by Gasteiger charge is -2.14. The molecule has 0 aromatic heterocycles. The fourth-order valence-electron chi connectivity index (χ4n) is 4.32. The minimum Gasteiger partial charge on any atom is -0.325 e. The van der Waals surface area contributed by atoms with Gasteiger partial charge in [-0.05, 0) is 59.9 Å². The van der Waals surface area contributed by atoms with Gasteiger partial charge < -0.3 is 16.4 Å². The second-order valence-corrected chi connectivity index (χ2v) is 8.95. The van der Waals surface area contributed by atoms with Crippen molar-refractivity contribution in [2.75, 3.05) is 17.2 Å². The number of benzodiazepines with no additional fused rings is 1. The topological polar surface area (TPSA) is 96.6 Å². The molecule has 0 fully saturated rings. The first-order chi connectivity index (χ1) is 16.9. The Labute approximate surface area is 222 Å². The summed E-state index contributed by atoms with van der Waals surface area (Å²) in [5.41, 5.74) is 12.6. The highest BCUT2D eigenvalue weighted by atomic mass is 35.5. The normalized spacial score (nSPS) is 14.6. The molecule has 6 nitrogen and oxygen atoms in total. The van der Waals surface area contributed by atoms with E-state index in [9.17, 15) is 9.59 Å². The van der Waals surface area contributed by atoms with Gasteiger partial charge in [-0.25, -0.2) is 0 Å². The van der Waals surface area contributed by atoms with Crippen LogP contribution in [0.5, 0.6) is 0 Å². The van der Waals surface area contributed by atoms with Gasteiger partial charge >= 0.3 is 0 Å². The zero-order valence-electron chi connectivity index (χ0n) is 20.3. The highest BCUT2D eigenvalue weighted by Crippen LogP contribution is 2.29. The zero-order chi connectivity index (χ0) is 24.9. The number of carbonyl (C=O) groups is 2. The van der Waals surface area contributed by atoms with Crippen molar-refractivity contribution in [1.29, 1.82) is 0 Å². The lowest BCUT2D eigenvalue weighted by molar-refractivity contribution is -0.117. The Hall–Kier alpha value is -3.19. The molecule has 36 heavy (non-hydrogen) atoms. The van der Waals surface area contributed by atoms with Gasteiger partial charge in [0.2, 0.25) is 11.8 Å². The second-order valence-electron chi connectivity index (χ2n) is 8.52. The zero-order valence-corrected chi connectivity index (χ0v) is 21.9. The second kappa shape index (κ2) is 12.2. The van der Waals surface area contributed by atoms with E-state index < -0.39 is 6.04 Å². The molecule has 1 aliphatic heterocycles. The van der Waals surface area contributed by atoms with Gasteiger partial charge in [0.15, 0.2) is 0 Å². The van der Waals surface area contributed by atoms with Gasteiger partial charge in [-0.3, -0.25) is 14.6 Å². The van der Waals surface area contributed by atoms with Crippen molar-refractivity contribution in [3.05, 3.63) is 93.5 Å². The van der Waals surface area contributed by atoms with Crippen molar-refractivity contribution in [2.45, 2.75) is 39.2 Å². The van der Waals surface area contributed by atoms with Gasteiger partial charge in [0.25, 0.3) is 0 Å². The first-order valence-electron chi connectivity index (χ1n) is 11.8. The number of fused-ring (bicyclic) bond motifs is 1. The third-order valence-electron chi connectivity index (χ3n) is 6.17. The highest BCUT2D eigenvalue weighted by molar-refractivity contribution is 6.32. The molecule has 4 N–H and O–H groups in total. The van der Waals surface area contributed by atoms with Gasteiger partial charge in [-0.15, -0.1) is 12.4 Å². The van der Waals surface area contributed by atoms with E-state index in [4.69, 9.17) is 22.3 Å². The van der Waals surface area contributed by atoms with Crippen LogP contribution in [-0.2, 0) is 28.9 Å². The van der Waals surface area contributed by atoms with Crippen LogP contribution >= 0.6 is 24.0 Å². The number of halogens is 2. The monoisotopic (exact) mass is 524 g/mol. The van der Waals surface area contributed by atoms with Crippen molar-refractivity contribution < 1.29 is 9.59 Å². The average molecular weight is 525 g/mol. The maximum atomic E-state index is 13.2. The van der Waals surface area contributed by atoms with Gasteiger partial charge in [0.05, 0.1) is 17.9 Å². The van der Waals surface area contributed by atoms with Crippen LogP contribution in [0.2, 0.25) is 5.02 Å². The summed E-state index contributed by atoms with van der Waals surface area (Å²) >= 11 is 6.32. The van der Waals surface area contributed by atoms with Crippen LogP contribution < -0.4 is 16.4 Å². The molecule has 188 valence electrons. The number of amides is 2. The number of carbonyl (C=O) groups excluding carboxylic acids is 2. The van der Waals surface area contributed by atoms with Crippen LogP contribution in [-0.4, -0.2) is 30.1 Å². The molecule has 1 atom stereocenters. The van der Waals surface area contributed by atoms with Crippen LogP contribution in [0.4, 0.5) is 11.4 Å². The third kappa shape index (κ3) is 6.13. The molecule has 0 saturated heterocycles. The number of benzene rings is 3. The SMILES string of the molecule is CCc1ccc(CC2N=C(c3ccc(NC(=O)CN)cc3)c3cc(Cl)ccc3NC2=O)cc1CC.Cl. The Morgan fingerprint density at radius 1 is 1.03 bits per heavy atom. The quantitative estimate of drug-likeness (QED) is 0.397. The molecular formula is C28H30Cl2N4O2. The fourth-order valence-corrected chi connectivity index (χ4v) is 4.49. The molecule has 2 amide bonds. The number of anilines is 2. The third-order valence-corrected chi connectivity index (χ3v) is 6.41. The van der Waals surface area contributed by atoms with Crippen molar-refractivity contribution in [3.8, 4) is 0 Å². The van der Waals surface area contributed by atoms with E-state index in [1.807, 2.05) is 18.2 Å². The molecule has 1 aliphatic rings. The summed E-state index contributed by atoms with van der Waals surface area (Å²) < 4.78 is 0. The molecule has 3 aromatic carbocycles. The molecule has 8 heteroatoms. The summed E-state index contributed by atoms with van der Waals surface area (Å²) in [6.45, 7) is 4.21. The van der Waals surface area contributed by atoms with Crippen molar-refractivity contribution in [3.63, 3.8) is 0 Å². The highest BCUT2D eigenvalue weighted by Gasteiger charge is 2.26. The number of nitrogens with one attached hydrogen (secondary N) is 2. The predicted octanol–water partition coefficient (Wildman–Crippen LogP) is 5.18. The summed E-state index contributed by atoms with van der Waals surface area (Å²) in [5.74, 6) is -0.426. The fraction of sp³-hybridized carbons (Fsp3) is 0.250. The van der Waals surface area contributed by atoms with E-state index in [1.165, 1.54) is 11.1 Å². The molecule has 1 heterocycles. The first-order valence-corrected chi connectivity index (χ1v) is 12.2. The predicted molar refractivity (Wildman–Crippen MR) is 150 cm³/mol. The Morgan fingerprint density at radius 2 is 1.75 bits per heavy atom. The lowest BCUT2D eigenvalue weighted by Crippen LogP contribution is -2.27. The number of hydrogen-bond donors (Lipinski definition) is 3. The summed E-state index contributed by atoms with van der Waals surface area (Å²) in [7, 11) is 0. The van der Waals surface area contributed by atoms with E-state index in [0.717, 1.165) is 29.5 Å². The van der Waals surface area contributed by atoms with Gasteiger partial charge in [0, 0.05) is 28.3 Å². The average Bonchev–Trinajstić information content (AvgIpc) is 3.00. The molecule has 0 saturated carbocycles. The van der Waals surface area contributed by atoms with Gasteiger partial charge in [-0.2, -0.15) is 0 Å². The first kappa shape index (κ1) is 27.4. The van der Waals surface area contributed by atoms with Gasteiger partial charge in [-0.1, -0.05) is 55.8 Å². The number of aliphatic imine (C=N–C) groups is 1. The van der Waals surface area contributed by atoms with E-state index in [2.05, 4.69) is 42.7 Å². The largest absolute Gasteiger partial charge is 0.325 e. The summed E-state index contributed by atoms with van der Waals surface area (Å²) in [4.78, 5) is 29.8. The minimum absolute atomic E-state index is 0. The molecule has 4 rings (SSSR count). The van der Waals surface area contributed by atoms with E-state index in [0.29, 0.717) is 28.5 Å². The summed E-state index contributed by atoms with van der Waals surface area (Å²) in [5, 5.41) is 6.33. The number of aryl methyl sites for hydroxylation is 2. The van der Waals surface area contributed by atoms with Crippen LogP contribution in [0, 0.1) is 0 Å². The number of rotatable bonds is 7. The Bertz CT molecular complexity index is 1290. The maximum absolute atomic E-state index is 13.2. The molecule has 0 radical (unpaired) electrons. The van der Waals surface area contributed by atoms with E-state index in [1.54, 1.807) is 24.3 Å². The summed E-state index contributed by atoms with van der Waals surface area (Å²) in [6.07, 6.45) is 2.41. The number of nitrogens with two attached hydrogens (primary N) is 1. The lowest BCUT2D eigenvalue weighted by atomic mass is 9.96. The van der Waals surface area contributed by atoms with Crippen molar-refractivity contribution in [2.24, 2.45) is 10.7 Å². The Morgan fingerprint density at radius 3 is 2.42 bits per heavy atom. The van der Waals surface area contributed by atoms with Crippen LogP contribution in [0.15, 0.2) is 65.7 Å². The van der Waals surface area contributed by atoms with Crippen molar-refractivity contribution >= 4 is 52.9 Å². The molecule has 0 bridgehead atoms. The molecule has 3 aromatic rings. The molecular weight excluding hydrogens is 495 g/mol. The Balaban J connectivity index is 0.00000361. The van der Waals surface area contributed by atoms with E-state index in [-0.39, 0.29) is 30.8 Å². The van der Waals surface area contributed by atoms with Crippen LogP contribution in [0.1, 0.15) is 41.7 Å². The van der Waals surface area contributed by atoms with Crippen LogP contribution in [0.25, 0.3) is 0 Å². The number of hydrogen-bond acceptors (Lipinski definition) is 4. The molecule has 1 unspecified atom stereocenters. The summed E-state index contributed by atoms with van der Waals surface area (Å²) in [6, 6.07) is 18.5. The molecule has 0 aliphatic carbocycles. The van der Waals surface area contributed by atoms with E-state index >= 15 is 0 Å². The minimum atomic E-state index is -0.607.